The first-order chi connectivity index (χ1) is 8.82. The standard InChI is InChI=1S/C14H26N2O3/c1-10(2)16(11(3)4)13(17)9-15(12-5-6-12)8-7-14(18)19/h10-12H,5-9H2,1-4H3,(H,18,19). The number of carbonyl (C=O) groups excluding carboxylic acids is 1. The zero-order chi connectivity index (χ0) is 14.6. The average molecular weight is 270 g/mol. The summed E-state index contributed by atoms with van der Waals surface area (Å²) in [7, 11) is 0. The van der Waals surface area contributed by atoms with Crippen LogP contribution in [0, 0.1) is 0 Å². The summed E-state index contributed by atoms with van der Waals surface area (Å²) in [6.07, 6.45) is 2.26. The maximum atomic E-state index is 12.4. The fourth-order valence-electron chi connectivity index (χ4n) is 2.50. The van der Waals surface area contributed by atoms with Gasteiger partial charge < -0.3 is 10.0 Å². The smallest absolute Gasteiger partial charge is 0.304 e. The maximum Gasteiger partial charge on any atom is 0.304 e. The molecule has 0 spiro atoms. The molecule has 19 heavy (non-hydrogen) atoms. The Morgan fingerprint density at radius 3 is 2.05 bits per heavy atom. The minimum atomic E-state index is -0.803. The molecule has 0 bridgehead atoms. The molecule has 0 heterocycles. The molecule has 1 N–H and O–H groups in total. The van der Waals surface area contributed by atoms with E-state index in [4.69, 9.17) is 5.11 Å². The molecule has 0 radical (unpaired) electrons. The Labute approximate surface area is 115 Å². The van der Waals surface area contributed by atoms with Gasteiger partial charge in [-0.2, -0.15) is 0 Å². The highest BCUT2D eigenvalue weighted by Crippen LogP contribution is 2.27. The van der Waals surface area contributed by atoms with E-state index >= 15 is 0 Å². The molecule has 1 fully saturated rings. The minimum Gasteiger partial charge on any atom is -0.481 e. The fourth-order valence-corrected chi connectivity index (χ4v) is 2.50. The first-order valence-electron chi connectivity index (χ1n) is 7.10. The summed E-state index contributed by atoms with van der Waals surface area (Å²) in [4.78, 5) is 26.9. The van der Waals surface area contributed by atoms with Crippen LogP contribution in [0.4, 0.5) is 0 Å². The van der Waals surface area contributed by atoms with Crippen LogP contribution in [-0.2, 0) is 9.59 Å². The Hall–Kier alpha value is -1.10. The van der Waals surface area contributed by atoms with Crippen LogP contribution in [0.1, 0.15) is 47.0 Å². The van der Waals surface area contributed by atoms with Crippen LogP contribution in [-0.4, -0.2) is 58.0 Å². The van der Waals surface area contributed by atoms with Gasteiger partial charge in [0, 0.05) is 24.7 Å². The number of rotatable bonds is 8. The first kappa shape index (κ1) is 16.0. The van der Waals surface area contributed by atoms with E-state index in [1.807, 2.05) is 37.5 Å². The van der Waals surface area contributed by atoms with Gasteiger partial charge in [0.25, 0.3) is 0 Å². The second-order valence-corrected chi connectivity index (χ2v) is 5.83. The van der Waals surface area contributed by atoms with Gasteiger partial charge >= 0.3 is 5.97 Å². The molecule has 5 heteroatoms. The molecule has 1 aliphatic rings. The number of hydrogen-bond donors (Lipinski definition) is 1. The second kappa shape index (κ2) is 6.89. The summed E-state index contributed by atoms with van der Waals surface area (Å²) >= 11 is 0. The molecular formula is C14H26N2O3. The average Bonchev–Trinajstić information content (AvgIpc) is 3.06. The molecule has 0 unspecified atom stereocenters. The van der Waals surface area contributed by atoms with Crippen molar-refractivity contribution in [2.75, 3.05) is 13.1 Å². The Morgan fingerprint density at radius 2 is 1.68 bits per heavy atom. The summed E-state index contributed by atoms with van der Waals surface area (Å²) in [6.45, 7) is 8.85. The molecular weight excluding hydrogens is 244 g/mol. The van der Waals surface area contributed by atoms with E-state index in [0.717, 1.165) is 12.8 Å². The normalized spacial score (nSPS) is 15.3. The van der Waals surface area contributed by atoms with Crippen molar-refractivity contribution in [2.24, 2.45) is 0 Å². The van der Waals surface area contributed by atoms with Crippen LogP contribution in [0.3, 0.4) is 0 Å². The van der Waals surface area contributed by atoms with Gasteiger partial charge in [-0.25, -0.2) is 0 Å². The van der Waals surface area contributed by atoms with Crippen molar-refractivity contribution in [3.05, 3.63) is 0 Å². The van der Waals surface area contributed by atoms with Crippen LogP contribution in [0.5, 0.6) is 0 Å². The zero-order valence-corrected chi connectivity index (χ0v) is 12.4. The highest BCUT2D eigenvalue weighted by atomic mass is 16.4. The van der Waals surface area contributed by atoms with Crippen molar-refractivity contribution in [3.63, 3.8) is 0 Å². The number of hydrogen-bond acceptors (Lipinski definition) is 3. The predicted octanol–water partition coefficient (Wildman–Crippen LogP) is 1.57. The van der Waals surface area contributed by atoms with Crippen molar-refractivity contribution in [2.45, 2.75) is 65.1 Å². The third-order valence-electron chi connectivity index (χ3n) is 3.42. The molecule has 0 aromatic carbocycles. The van der Waals surface area contributed by atoms with Gasteiger partial charge in [-0.15, -0.1) is 0 Å². The molecule has 1 amide bonds. The Morgan fingerprint density at radius 1 is 1.16 bits per heavy atom. The molecule has 0 aliphatic heterocycles. The van der Waals surface area contributed by atoms with Gasteiger partial charge in [0.2, 0.25) is 5.91 Å². The quantitative estimate of drug-likeness (QED) is 0.727. The van der Waals surface area contributed by atoms with E-state index < -0.39 is 5.97 Å². The van der Waals surface area contributed by atoms with Crippen molar-refractivity contribution >= 4 is 11.9 Å². The molecule has 0 aromatic rings. The van der Waals surface area contributed by atoms with Crippen LogP contribution >= 0.6 is 0 Å². The van der Waals surface area contributed by atoms with E-state index in [2.05, 4.69) is 0 Å². The molecule has 0 aromatic heterocycles. The largest absolute Gasteiger partial charge is 0.481 e. The molecule has 1 rings (SSSR count). The Bertz CT molecular complexity index is 317. The third-order valence-corrected chi connectivity index (χ3v) is 3.42. The lowest BCUT2D eigenvalue weighted by atomic mass is 10.2. The van der Waals surface area contributed by atoms with E-state index in [1.165, 1.54) is 0 Å². The summed E-state index contributed by atoms with van der Waals surface area (Å²) < 4.78 is 0. The van der Waals surface area contributed by atoms with Crippen LogP contribution in [0.2, 0.25) is 0 Å². The van der Waals surface area contributed by atoms with Gasteiger partial charge in [0.15, 0.2) is 0 Å². The van der Waals surface area contributed by atoms with Crippen LogP contribution in [0.15, 0.2) is 0 Å². The highest BCUT2D eigenvalue weighted by Gasteiger charge is 2.32. The molecule has 0 atom stereocenters. The van der Waals surface area contributed by atoms with Gasteiger partial charge in [-0.1, -0.05) is 0 Å². The SMILES string of the molecule is CC(C)N(C(=O)CN(CCC(=O)O)C1CC1)C(C)C. The lowest BCUT2D eigenvalue weighted by Crippen LogP contribution is -2.48. The number of aliphatic carboxylic acids is 1. The summed E-state index contributed by atoms with van der Waals surface area (Å²) in [5.74, 6) is -0.704. The zero-order valence-electron chi connectivity index (χ0n) is 12.4. The van der Waals surface area contributed by atoms with Gasteiger partial charge in [0.05, 0.1) is 13.0 Å². The van der Waals surface area contributed by atoms with Gasteiger partial charge in [-0.3, -0.25) is 14.5 Å². The van der Waals surface area contributed by atoms with Gasteiger partial charge in [-0.05, 0) is 40.5 Å². The number of nitrogens with zero attached hydrogens (tertiary/aromatic N) is 2. The van der Waals surface area contributed by atoms with Crippen LogP contribution < -0.4 is 0 Å². The lowest BCUT2D eigenvalue weighted by Gasteiger charge is -2.33. The van der Waals surface area contributed by atoms with E-state index in [9.17, 15) is 9.59 Å². The minimum absolute atomic E-state index is 0.0993. The fraction of sp³-hybridized carbons (Fsp3) is 0.857. The molecule has 5 nitrogen and oxygen atoms in total. The van der Waals surface area contributed by atoms with Crippen molar-refractivity contribution in [1.82, 2.24) is 9.80 Å². The highest BCUT2D eigenvalue weighted by molar-refractivity contribution is 5.79. The lowest BCUT2D eigenvalue weighted by molar-refractivity contribution is -0.139. The molecule has 1 saturated carbocycles. The topological polar surface area (TPSA) is 60.9 Å². The predicted molar refractivity (Wildman–Crippen MR) is 74.0 cm³/mol. The Balaban J connectivity index is 2.57. The summed E-state index contributed by atoms with van der Waals surface area (Å²) in [6, 6.07) is 0.755. The second-order valence-electron chi connectivity index (χ2n) is 5.83. The summed E-state index contributed by atoms with van der Waals surface area (Å²) in [5.41, 5.74) is 0. The van der Waals surface area contributed by atoms with Gasteiger partial charge in [0.1, 0.15) is 0 Å². The molecule has 110 valence electrons. The van der Waals surface area contributed by atoms with E-state index in [-0.39, 0.29) is 24.4 Å². The molecule has 1 aliphatic carbocycles. The Kier molecular flexibility index (Phi) is 5.79. The number of carboxylic acid groups (broad SMARTS) is 1. The number of carbonyl (C=O) groups is 2. The van der Waals surface area contributed by atoms with Crippen LogP contribution in [0.25, 0.3) is 0 Å². The maximum absolute atomic E-state index is 12.4. The van der Waals surface area contributed by atoms with Crippen molar-refractivity contribution < 1.29 is 14.7 Å². The van der Waals surface area contributed by atoms with Crippen molar-refractivity contribution in [3.8, 4) is 0 Å². The number of amides is 1. The summed E-state index contributed by atoms with van der Waals surface area (Å²) in [5, 5.41) is 8.76. The third kappa shape index (κ3) is 5.19. The van der Waals surface area contributed by atoms with Crippen molar-refractivity contribution in [1.29, 1.82) is 0 Å². The van der Waals surface area contributed by atoms with E-state index in [0.29, 0.717) is 19.1 Å². The monoisotopic (exact) mass is 270 g/mol. The number of carboxylic acids is 1. The molecule has 0 saturated heterocycles. The first-order valence-corrected chi connectivity index (χ1v) is 7.10. The van der Waals surface area contributed by atoms with E-state index in [1.54, 1.807) is 0 Å².